The highest BCUT2D eigenvalue weighted by Crippen LogP contribution is 2.40. The van der Waals surface area contributed by atoms with Gasteiger partial charge in [-0.3, -0.25) is 4.98 Å². The number of hydrogen-bond donors (Lipinski definition) is 0. The predicted octanol–water partition coefficient (Wildman–Crippen LogP) is 15.3. The van der Waals surface area contributed by atoms with Crippen LogP contribution < -0.4 is 0 Å². The molecule has 0 unspecified atom stereocenters. The Kier molecular flexibility index (Phi) is 7.54. The summed E-state index contributed by atoms with van der Waals surface area (Å²) in [6.07, 6.45) is 1.92. The van der Waals surface area contributed by atoms with Crippen molar-refractivity contribution in [3.8, 4) is 55.8 Å². The number of furan rings is 1. The second-order valence-corrected chi connectivity index (χ2v) is 15.3. The zero-order chi connectivity index (χ0) is 38.9. The second-order valence-electron chi connectivity index (χ2n) is 15.3. The molecule has 3 nitrogen and oxygen atoms in total. The molecule has 0 fully saturated rings. The fraction of sp³-hybridized carbons (Fsp3) is 0. The normalized spacial score (nSPS) is 11.7. The van der Waals surface area contributed by atoms with Crippen molar-refractivity contribution in [2.45, 2.75) is 0 Å². The van der Waals surface area contributed by atoms with Crippen LogP contribution in [0.4, 0.5) is 0 Å². The lowest BCUT2D eigenvalue weighted by Crippen LogP contribution is -1.92. The number of benzene rings is 10. The van der Waals surface area contributed by atoms with Crippen LogP contribution in [0.15, 0.2) is 211 Å². The second kappa shape index (κ2) is 13.4. The molecule has 0 bridgehead atoms. The molecule has 0 N–H and O–H groups in total. The molecule has 2 aromatic heterocycles. The molecule has 0 saturated heterocycles. The van der Waals surface area contributed by atoms with Crippen LogP contribution in [0.5, 0.6) is 0 Å². The van der Waals surface area contributed by atoms with Gasteiger partial charge in [-0.15, -0.1) is 0 Å². The molecule has 0 aliphatic rings. The molecule has 3 heteroatoms. The topological polar surface area (TPSA) is 38.9 Å². The molecule has 0 aliphatic heterocycles. The van der Waals surface area contributed by atoms with E-state index in [9.17, 15) is 0 Å². The van der Waals surface area contributed by atoms with Crippen LogP contribution in [0.25, 0.3) is 121 Å². The molecule has 0 radical (unpaired) electrons. The van der Waals surface area contributed by atoms with E-state index < -0.39 is 0 Å². The maximum Gasteiger partial charge on any atom is 0.143 e. The van der Waals surface area contributed by atoms with E-state index in [2.05, 4.69) is 188 Å². The van der Waals surface area contributed by atoms with Crippen molar-refractivity contribution < 1.29 is 4.42 Å². The highest BCUT2D eigenvalue weighted by molar-refractivity contribution is 6.23. The molecular weight excluding hydrogens is 717 g/mol. The van der Waals surface area contributed by atoms with Crippen molar-refractivity contribution in [1.82, 2.24) is 9.97 Å². The Balaban J connectivity index is 0.868. The molecular formula is C56H34N2O. The first-order valence-corrected chi connectivity index (χ1v) is 20.1. The summed E-state index contributed by atoms with van der Waals surface area (Å²) in [4.78, 5) is 10.3. The zero-order valence-electron chi connectivity index (χ0n) is 31.9. The van der Waals surface area contributed by atoms with Gasteiger partial charge >= 0.3 is 0 Å². The van der Waals surface area contributed by atoms with Gasteiger partial charge in [-0.05, 0) is 72.6 Å². The average molecular weight is 751 g/mol. The van der Waals surface area contributed by atoms with Gasteiger partial charge in [-0.2, -0.15) is 0 Å². The van der Waals surface area contributed by atoms with Crippen molar-refractivity contribution in [3.63, 3.8) is 0 Å². The Morgan fingerprint density at radius 3 is 1.46 bits per heavy atom. The van der Waals surface area contributed by atoms with Crippen LogP contribution >= 0.6 is 0 Å². The number of rotatable bonds is 5. The lowest BCUT2D eigenvalue weighted by molar-refractivity contribution is 0.670. The SMILES string of the molecule is c1cc(-c2cnc3c4ccccc4c4ccccc4c3n2)cc(-c2cccc3c(-c4ccc(-c5ccc(-c6cccc7c6oc6ccccc67)cc5)cc4)cccc23)c1. The number of fused-ring (bicyclic) bond motifs is 10. The van der Waals surface area contributed by atoms with E-state index in [0.29, 0.717) is 0 Å². The maximum atomic E-state index is 6.33. The molecule has 59 heavy (non-hydrogen) atoms. The Bertz CT molecular complexity index is 3560. The minimum atomic E-state index is 0.860. The van der Waals surface area contributed by atoms with E-state index >= 15 is 0 Å². The summed E-state index contributed by atoms with van der Waals surface area (Å²) in [6.45, 7) is 0. The number of hydrogen-bond acceptors (Lipinski definition) is 3. The summed E-state index contributed by atoms with van der Waals surface area (Å²) >= 11 is 0. The van der Waals surface area contributed by atoms with Crippen LogP contribution in [0.1, 0.15) is 0 Å². The molecule has 0 amide bonds. The third-order valence-electron chi connectivity index (χ3n) is 11.9. The highest BCUT2D eigenvalue weighted by Gasteiger charge is 2.15. The van der Waals surface area contributed by atoms with Crippen LogP contribution in [-0.2, 0) is 0 Å². The maximum absolute atomic E-state index is 6.33. The molecule has 12 aromatic rings. The standard InChI is InChI=1S/C56H34N2O/c1-3-16-49-46(13-1)47-14-2-4-17-50(47)55-54(49)57-34-52(58-55)40-12-7-11-39(33-40)42-19-9-21-44-41(18-8-22-45(42)44)37-29-25-35(26-30-37)36-27-31-38(32-28-36)43-20-10-23-51-48-15-5-6-24-53(48)59-56(43)51/h1-34H. The van der Waals surface area contributed by atoms with Crippen LogP contribution in [0.3, 0.4) is 0 Å². The van der Waals surface area contributed by atoms with Crippen LogP contribution in [-0.4, -0.2) is 9.97 Å². The minimum Gasteiger partial charge on any atom is -0.455 e. The van der Waals surface area contributed by atoms with E-state index in [1.165, 1.54) is 49.4 Å². The number of nitrogens with zero attached hydrogens (tertiary/aromatic N) is 2. The van der Waals surface area contributed by atoms with E-state index in [4.69, 9.17) is 14.4 Å². The van der Waals surface area contributed by atoms with Gasteiger partial charge in [-0.25, -0.2) is 4.98 Å². The van der Waals surface area contributed by atoms with Crippen molar-refractivity contribution in [3.05, 3.63) is 206 Å². The van der Waals surface area contributed by atoms with E-state index in [1.807, 2.05) is 18.3 Å². The Labute approximate surface area is 340 Å². The van der Waals surface area contributed by atoms with Crippen molar-refractivity contribution >= 4 is 65.3 Å². The molecule has 12 rings (SSSR count). The lowest BCUT2D eigenvalue weighted by atomic mass is 9.91. The summed E-state index contributed by atoms with van der Waals surface area (Å²) < 4.78 is 6.33. The number of aromatic nitrogens is 2. The van der Waals surface area contributed by atoms with E-state index in [-0.39, 0.29) is 0 Å². The van der Waals surface area contributed by atoms with Gasteiger partial charge in [-0.1, -0.05) is 188 Å². The molecule has 0 saturated carbocycles. The summed E-state index contributed by atoms with van der Waals surface area (Å²) in [7, 11) is 0. The largest absolute Gasteiger partial charge is 0.455 e. The molecule has 0 aliphatic carbocycles. The third-order valence-corrected chi connectivity index (χ3v) is 11.9. The van der Waals surface area contributed by atoms with Crippen molar-refractivity contribution in [1.29, 1.82) is 0 Å². The average Bonchev–Trinajstić information content (AvgIpc) is 3.70. The molecule has 0 spiro atoms. The highest BCUT2D eigenvalue weighted by atomic mass is 16.3. The van der Waals surface area contributed by atoms with Gasteiger partial charge in [0, 0.05) is 32.7 Å². The van der Waals surface area contributed by atoms with Crippen molar-refractivity contribution in [2.24, 2.45) is 0 Å². The predicted molar refractivity (Wildman–Crippen MR) is 247 cm³/mol. The monoisotopic (exact) mass is 750 g/mol. The van der Waals surface area contributed by atoms with Crippen molar-refractivity contribution in [2.75, 3.05) is 0 Å². The summed E-state index contributed by atoms with van der Waals surface area (Å²) in [5.41, 5.74) is 14.9. The number of para-hydroxylation sites is 2. The Morgan fingerprint density at radius 1 is 0.305 bits per heavy atom. The molecule has 10 aromatic carbocycles. The molecule has 2 heterocycles. The Hall–Kier alpha value is -7.88. The fourth-order valence-electron chi connectivity index (χ4n) is 9.08. The quantitative estimate of drug-likeness (QED) is 0.164. The van der Waals surface area contributed by atoms with E-state index in [1.54, 1.807) is 0 Å². The lowest BCUT2D eigenvalue weighted by Gasteiger charge is -2.13. The van der Waals surface area contributed by atoms with Gasteiger partial charge in [0.15, 0.2) is 0 Å². The van der Waals surface area contributed by atoms with Gasteiger partial charge in [0.05, 0.1) is 22.9 Å². The first-order valence-electron chi connectivity index (χ1n) is 20.1. The van der Waals surface area contributed by atoms with Gasteiger partial charge in [0.1, 0.15) is 11.2 Å². The van der Waals surface area contributed by atoms with Crippen LogP contribution in [0, 0.1) is 0 Å². The van der Waals surface area contributed by atoms with Gasteiger partial charge in [0.2, 0.25) is 0 Å². The summed E-state index contributed by atoms with van der Waals surface area (Å²) in [5, 5.41) is 9.36. The molecule has 0 atom stereocenters. The first-order chi connectivity index (χ1) is 29.2. The van der Waals surface area contributed by atoms with Crippen LogP contribution in [0.2, 0.25) is 0 Å². The third kappa shape index (κ3) is 5.44. The Morgan fingerprint density at radius 2 is 0.780 bits per heavy atom. The smallest absolute Gasteiger partial charge is 0.143 e. The summed E-state index contributed by atoms with van der Waals surface area (Å²) in [6, 6.07) is 71.3. The summed E-state index contributed by atoms with van der Waals surface area (Å²) in [5.74, 6) is 0. The fourth-order valence-corrected chi connectivity index (χ4v) is 9.08. The zero-order valence-corrected chi connectivity index (χ0v) is 31.9. The first kappa shape index (κ1) is 33.3. The van der Waals surface area contributed by atoms with Gasteiger partial charge in [0.25, 0.3) is 0 Å². The van der Waals surface area contributed by atoms with Gasteiger partial charge < -0.3 is 4.42 Å². The van der Waals surface area contributed by atoms with E-state index in [0.717, 1.165) is 71.7 Å². The molecule has 274 valence electrons. The minimum absolute atomic E-state index is 0.860.